The maximum absolute atomic E-state index is 8.89. The molecule has 0 saturated carbocycles. The molecule has 1 saturated heterocycles. The van der Waals surface area contributed by atoms with Gasteiger partial charge < -0.3 is 15.6 Å². The van der Waals surface area contributed by atoms with Crippen molar-refractivity contribution in [1.29, 1.82) is 0 Å². The highest BCUT2D eigenvalue weighted by atomic mass is 16.5. The van der Waals surface area contributed by atoms with Crippen LogP contribution in [0.3, 0.4) is 0 Å². The van der Waals surface area contributed by atoms with Crippen LogP contribution in [0.2, 0.25) is 0 Å². The topological polar surface area (TPSA) is 55.5 Å². The molecule has 1 aliphatic rings. The summed E-state index contributed by atoms with van der Waals surface area (Å²) in [4.78, 5) is 0. The van der Waals surface area contributed by atoms with E-state index in [1.165, 1.54) is 0 Å². The molecule has 3 N–H and O–H groups in total. The average molecular weight is 159 g/mol. The summed E-state index contributed by atoms with van der Waals surface area (Å²) in [6.45, 7) is 3.77. The first-order valence-electron chi connectivity index (χ1n) is 4.13. The lowest BCUT2D eigenvalue weighted by molar-refractivity contribution is 0.00101. The Labute approximate surface area is 67.5 Å². The number of nitrogens with two attached hydrogens (primary N) is 1. The lowest BCUT2D eigenvalue weighted by Gasteiger charge is -2.37. The second-order valence-electron chi connectivity index (χ2n) is 3.56. The molecule has 1 rings (SSSR count). The van der Waals surface area contributed by atoms with Gasteiger partial charge in [0.2, 0.25) is 0 Å². The van der Waals surface area contributed by atoms with E-state index in [4.69, 9.17) is 15.6 Å². The van der Waals surface area contributed by atoms with E-state index in [2.05, 4.69) is 6.92 Å². The molecule has 1 heterocycles. The van der Waals surface area contributed by atoms with Crippen molar-refractivity contribution >= 4 is 0 Å². The molecular weight excluding hydrogens is 142 g/mol. The lowest BCUT2D eigenvalue weighted by atomic mass is 9.76. The van der Waals surface area contributed by atoms with Crippen molar-refractivity contribution in [1.82, 2.24) is 0 Å². The molecule has 11 heavy (non-hydrogen) atoms. The highest BCUT2D eigenvalue weighted by Gasteiger charge is 2.32. The van der Waals surface area contributed by atoms with Gasteiger partial charge in [-0.05, 0) is 18.3 Å². The molecule has 66 valence electrons. The molecule has 0 amide bonds. The molecule has 0 aliphatic carbocycles. The van der Waals surface area contributed by atoms with Gasteiger partial charge >= 0.3 is 0 Å². The van der Waals surface area contributed by atoms with Gasteiger partial charge in [0.05, 0.1) is 6.61 Å². The van der Waals surface area contributed by atoms with Gasteiger partial charge in [0, 0.05) is 19.3 Å². The van der Waals surface area contributed by atoms with Crippen LogP contribution >= 0.6 is 0 Å². The van der Waals surface area contributed by atoms with Crippen molar-refractivity contribution in [2.24, 2.45) is 11.1 Å². The van der Waals surface area contributed by atoms with Gasteiger partial charge in [0.15, 0.2) is 0 Å². The maximum Gasteiger partial charge on any atom is 0.0587 e. The second-order valence-corrected chi connectivity index (χ2v) is 3.56. The third-order valence-electron chi connectivity index (χ3n) is 2.73. The zero-order valence-corrected chi connectivity index (χ0v) is 7.05. The SMILES string of the molecule is CC1([C@@H](N)CO)CCOCC1. The van der Waals surface area contributed by atoms with Gasteiger partial charge in [-0.15, -0.1) is 0 Å². The van der Waals surface area contributed by atoms with Crippen molar-refractivity contribution in [2.75, 3.05) is 19.8 Å². The van der Waals surface area contributed by atoms with Crippen molar-refractivity contribution in [3.05, 3.63) is 0 Å². The molecule has 0 unspecified atom stereocenters. The van der Waals surface area contributed by atoms with Gasteiger partial charge in [-0.3, -0.25) is 0 Å². The molecule has 0 aromatic heterocycles. The fraction of sp³-hybridized carbons (Fsp3) is 1.00. The first kappa shape index (κ1) is 8.97. The average Bonchev–Trinajstić information content (AvgIpc) is 2.04. The van der Waals surface area contributed by atoms with Crippen LogP contribution in [-0.2, 0) is 4.74 Å². The summed E-state index contributed by atoms with van der Waals surface area (Å²) in [5.41, 5.74) is 5.87. The number of hydrogen-bond acceptors (Lipinski definition) is 3. The molecule has 1 fully saturated rings. The van der Waals surface area contributed by atoms with E-state index in [1.54, 1.807) is 0 Å². The van der Waals surface area contributed by atoms with E-state index in [-0.39, 0.29) is 18.1 Å². The van der Waals surface area contributed by atoms with Crippen LogP contribution < -0.4 is 5.73 Å². The first-order valence-corrected chi connectivity index (χ1v) is 4.13. The Morgan fingerprint density at radius 3 is 2.55 bits per heavy atom. The van der Waals surface area contributed by atoms with Crippen LogP contribution in [0.4, 0.5) is 0 Å². The van der Waals surface area contributed by atoms with Gasteiger partial charge in [0.1, 0.15) is 0 Å². The Kier molecular flexibility index (Phi) is 2.87. The quantitative estimate of drug-likeness (QED) is 0.602. The predicted octanol–water partition coefficient (Wildman–Crippen LogP) is 0.123. The van der Waals surface area contributed by atoms with E-state index < -0.39 is 0 Å². The van der Waals surface area contributed by atoms with E-state index in [9.17, 15) is 0 Å². The molecule has 0 aromatic rings. The van der Waals surface area contributed by atoms with Gasteiger partial charge in [-0.25, -0.2) is 0 Å². The molecule has 3 nitrogen and oxygen atoms in total. The summed E-state index contributed by atoms with van der Waals surface area (Å²) in [5.74, 6) is 0. The second kappa shape index (κ2) is 3.52. The van der Waals surface area contributed by atoms with Crippen LogP contribution in [0.25, 0.3) is 0 Å². The number of hydrogen-bond donors (Lipinski definition) is 2. The summed E-state index contributed by atoms with van der Waals surface area (Å²) in [6.07, 6.45) is 1.93. The highest BCUT2D eigenvalue weighted by Crippen LogP contribution is 2.32. The van der Waals surface area contributed by atoms with Crippen molar-refractivity contribution in [3.8, 4) is 0 Å². The predicted molar refractivity (Wildman–Crippen MR) is 43.2 cm³/mol. The summed E-state index contributed by atoms with van der Waals surface area (Å²) < 4.78 is 5.22. The Bertz CT molecular complexity index is 121. The molecule has 0 radical (unpaired) electrons. The minimum atomic E-state index is -0.0913. The Balaban J connectivity index is 2.49. The monoisotopic (exact) mass is 159 g/mol. The minimum Gasteiger partial charge on any atom is -0.395 e. The van der Waals surface area contributed by atoms with Gasteiger partial charge in [0.25, 0.3) is 0 Å². The third-order valence-corrected chi connectivity index (χ3v) is 2.73. The third kappa shape index (κ3) is 1.92. The van der Waals surface area contributed by atoms with Crippen LogP contribution in [0.15, 0.2) is 0 Å². The van der Waals surface area contributed by atoms with E-state index in [0.717, 1.165) is 26.1 Å². The standard InChI is InChI=1S/C8H17NO2/c1-8(7(9)6-10)2-4-11-5-3-8/h7,10H,2-6,9H2,1H3/t7-/m0/s1. The number of ether oxygens (including phenoxy) is 1. The smallest absolute Gasteiger partial charge is 0.0587 e. The minimum absolute atomic E-state index is 0.0799. The van der Waals surface area contributed by atoms with E-state index in [0.29, 0.717) is 0 Å². The Morgan fingerprint density at radius 1 is 1.55 bits per heavy atom. The zero-order valence-electron chi connectivity index (χ0n) is 7.05. The zero-order chi connectivity index (χ0) is 8.32. The number of rotatable bonds is 2. The van der Waals surface area contributed by atoms with Gasteiger partial charge in [-0.1, -0.05) is 6.92 Å². The fourth-order valence-electron chi connectivity index (χ4n) is 1.43. The molecular formula is C8H17NO2. The molecule has 0 spiro atoms. The number of aliphatic hydroxyl groups excluding tert-OH is 1. The van der Waals surface area contributed by atoms with Crippen LogP contribution in [-0.4, -0.2) is 31.0 Å². The van der Waals surface area contributed by atoms with Crippen molar-refractivity contribution in [2.45, 2.75) is 25.8 Å². The summed E-state index contributed by atoms with van der Waals surface area (Å²) in [6, 6.07) is -0.0913. The van der Waals surface area contributed by atoms with Gasteiger partial charge in [-0.2, -0.15) is 0 Å². The normalized spacial score (nSPS) is 26.5. The van der Waals surface area contributed by atoms with Crippen molar-refractivity contribution < 1.29 is 9.84 Å². The van der Waals surface area contributed by atoms with Crippen LogP contribution in [0.5, 0.6) is 0 Å². The molecule has 0 bridgehead atoms. The first-order chi connectivity index (χ1) is 5.19. The summed E-state index contributed by atoms with van der Waals surface area (Å²) in [7, 11) is 0. The highest BCUT2D eigenvalue weighted by molar-refractivity contribution is 4.86. The molecule has 3 heteroatoms. The summed E-state index contributed by atoms with van der Waals surface area (Å²) in [5, 5.41) is 8.89. The van der Waals surface area contributed by atoms with E-state index >= 15 is 0 Å². The fourth-order valence-corrected chi connectivity index (χ4v) is 1.43. The Hall–Kier alpha value is -0.120. The van der Waals surface area contributed by atoms with Crippen LogP contribution in [0.1, 0.15) is 19.8 Å². The Morgan fingerprint density at radius 2 is 2.09 bits per heavy atom. The van der Waals surface area contributed by atoms with Crippen LogP contribution in [0, 0.1) is 5.41 Å². The summed E-state index contributed by atoms with van der Waals surface area (Å²) >= 11 is 0. The van der Waals surface area contributed by atoms with E-state index in [1.807, 2.05) is 0 Å². The number of aliphatic hydroxyl groups is 1. The molecule has 0 aromatic carbocycles. The maximum atomic E-state index is 8.89. The van der Waals surface area contributed by atoms with Crippen molar-refractivity contribution in [3.63, 3.8) is 0 Å². The molecule has 1 aliphatic heterocycles. The lowest BCUT2D eigenvalue weighted by Crippen LogP contribution is -2.45. The molecule has 1 atom stereocenters. The largest absolute Gasteiger partial charge is 0.395 e.